The Bertz CT molecular complexity index is 866. The van der Waals surface area contributed by atoms with Gasteiger partial charge in [0.15, 0.2) is 5.82 Å². The Kier molecular flexibility index (Phi) is 5.82. The lowest BCUT2D eigenvalue weighted by molar-refractivity contribution is -0.133. The number of nitrogens with zero attached hydrogens (tertiary/aromatic N) is 4. The van der Waals surface area contributed by atoms with E-state index in [1.165, 1.54) is 11.1 Å². The second kappa shape index (κ2) is 8.51. The summed E-state index contributed by atoms with van der Waals surface area (Å²) in [7, 11) is 0. The number of amides is 1. The summed E-state index contributed by atoms with van der Waals surface area (Å²) in [6, 6.07) is 6.43. The van der Waals surface area contributed by atoms with Crippen molar-refractivity contribution >= 4 is 5.91 Å². The Labute approximate surface area is 170 Å². The molecule has 4 rings (SSSR count). The molecule has 0 aliphatic carbocycles. The van der Waals surface area contributed by atoms with Crippen LogP contribution in [0.1, 0.15) is 36.7 Å². The minimum atomic E-state index is -0.125. The first-order chi connectivity index (χ1) is 14.0. The van der Waals surface area contributed by atoms with Crippen molar-refractivity contribution in [1.82, 2.24) is 19.9 Å². The van der Waals surface area contributed by atoms with Crippen molar-refractivity contribution in [3.05, 3.63) is 41.0 Å². The average molecular weight is 400 g/mol. The Balaban J connectivity index is 1.46. The minimum Gasteiger partial charge on any atom is -0.493 e. The summed E-state index contributed by atoms with van der Waals surface area (Å²) in [4.78, 5) is 21.1. The summed E-state index contributed by atoms with van der Waals surface area (Å²) < 4.78 is 16.7. The van der Waals surface area contributed by atoms with Gasteiger partial charge in [-0.2, -0.15) is 4.98 Å². The van der Waals surface area contributed by atoms with Crippen molar-refractivity contribution in [3.63, 3.8) is 0 Å². The molecule has 0 saturated carbocycles. The van der Waals surface area contributed by atoms with Crippen LogP contribution in [-0.2, 0) is 29.1 Å². The Morgan fingerprint density at radius 2 is 2.17 bits per heavy atom. The van der Waals surface area contributed by atoms with Gasteiger partial charge in [-0.1, -0.05) is 17.3 Å². The summed E-state index contributed by atoms with van der Waals surface area (Å²) >= 11 is 0. The third kappa shape index (κ3) is 4.76. The highest BCUT2D eigenvalue weighted by Gasteiger charge is 2.30. The van der Waals surface area contributed by atoms with Crippen molar-refractivity contribution in [3.8, 4) is 5.75 Å². The first-order valence-electron chi connectivity index (χ1n) is 10.1. The maximum atomic E-state index is 12.8. The van der Waals surface area contributed by atoms with Crippen molar-refractivity contribution in [2.75, 3.05) is 26.2 Å². The summed E-state index contributed by atoms with van der Waals surface area (Å²) in [5.41, 5.74) is 2.43. The first-order valence-corrected chi connectivity index (χ1v) is 10.1. The lowest BCUT2D eigenvalue weighted by Crippen LogP contribution is -2.42. The molecule has 0 bridgehead atoms. The van der Waals surface area contributed by atoms with E-state index < -0.39 is 0 Å². The number of aromatic nitrogens is 2. The van der Waals surface area contributed by atoms with Crippen LogP contribution < -0.4 is 4.74 Å². The number of aryl methyl sites for hydroxylation is 1. The molecule has 1 atom stereocenters. The smallest absolute Gasteiger partial charge is 0.237 e. The van der Waals surface area contributed by atoms with Gasteiger partial charge in [0.2, 0.25) is 11.8 Å². The number of carbonyl (C=O) groups is 1. The van der Waals surface area contributed by atoms with Gasteiger partial charge in [-0.25, -0.2) is 0 Å². The molecule has 2 aromatic rings. The van der Waals surface area contributed by atoms with Gasteiger partial charge in [0.25, 0.3) is 0 Å². The maximum Gasteiger partial charge on any atom is 0.237 e. The molecule has 1 aromatic carbocycles. The van der Waals surface area contributed by atoms with Gasteiger partial charge >= 0.3 is 0 Å². The minimum absolute atomic E-state index is 0.123. The molecule has 1 aromatic heterocycles. The van der Waals surface area contributed by atoms with Crippen molar-refractivity contribution in [2.24, 2.45) is 0 Å². The molecule has 3 heterocycles. The van der Waals surface area contributed by atoms with Crippen LogP contribution in [0, 0.1) is 6.92 Å². The van der Waals surface area contributed by atoms with Crippen molar-refractivity contribution in [1.29, 1.82) is 0 Å². The fraction of sp³-hybridized carbons (Fsp3) is 0.571. The standard InChI is InChI=1S/C21H28N4O4/c1-14(2)25-11-18(28-13-20-22-15(3)29-23-20)10-24(12-21(25)26)9-16-4-5-19-17(8-16)6-7-27-19/h4-5,8,14,18H,6-7,9-13H2,1-3H3. The van der Waals surface area contributed by atoms with Crippen molar-refractivity contribution < 1.29 is 18.8 Å². The van der Waals surface area contributed by atoms with Gasteiger partial charge in [0.1, 0.15) is 12.4 Å². The van der Waals surface area contributed by atoms with Crippen LogP contribution in [0.3, 0.4) is 0 Å². The highest BCUT2D eigenvalue weighted by Crippen LogP contribution is 2.26. The van der Waals surface area contributed by atoms with E-state index in [4.69, 9.17) is 14.0 Å². The molecule has 8 nitrogen and oxygen atoms in total. The lowest BCUT2D eigenvalue weighted by Gasteiger charge is -2.27. The molecule has 1 amide bonds. The molecule has 8 heteroatoms. The van der Waals surface area contributed by atoms with E-state index in [0.29, 0.717) is 37.9 Å². The highest BCUT2D eigenvalue weighted by atomic mass is 16.5. The normalized spacial score (nSPS) is 20.1. The number of hydrogen-bond donors (Lipinski definition) is 0. The van der Waals surface area contributed by atoms with E-state index in [-0.39, 0.29) is 24.7 Å². The number of ether oxygens (including phenoxy) is 2. The Hall–Kier alpha value is -2.45. The molecule has 0 spiro atoms. The summed E-state index contributed by atoms with van der Waals surface area (Å²) in [5.74, 6) is 2.15. The number of fused-ring (bicyclic) bond motifs is 1. The van der Waals surface area contributed by atoms with Crippen LogP contribution in [0.15, 0.2) is 22.7 Å². The Morgan fingerprint density at radius 1 is 1.31 bits per heavy atom. The van der Waals surface area contributed by atoms with Gasteiger partial charge < -0.3 is 18.9 Å². The molecular formula is C21H28N4O4. The van der Waals surface area contributed by atoms with Gasteiger partial charge in [0, 0.05) is 39.0 Å². The highest BCUT2D eigenvalue weighted by molar-refractivity contribution is 5.79. The second-order valence-corrected chi connectivity index (χ2v) is 8.01. The van der Waals surface area contributed by atoms with Gasteiger partial charge in [-0.3, -0.25) is 9.69 Å². The van der Waals surface area contributed by atoms with Crippen molar-refractivity contribution in [2.45, 2.75) is 52.5 Å². The number of rotatable bonds is 6. The molecule has 0 radical (unpaired) electrons. The van der Waals surface area contributed by atoms with Gasteiger partial charge in [-0.15, -0.1) is 0 Å². The second-order valence-electron chi connectivity index (χ2n) is 8.01. The van der Waals surface area contributed by atoms with Crippen LogP contribution in [0.25, 0.3) is 0 Å². The zero-order chi connectivity index (χ0) is 20.4. The predicted molar refractivity (Wildman–Crippen MR) is 105 cm³/mol. The van der Waals surface area contributed by atoms with Crippen LogP contribution in [0.4, 0.5) is 0 Å². The SMILES string of the molecule is Cc1nc(COC2CN(Cc3ccc4c(c3)CCO4)CC(=O)N(C(C)C)C2)no1. The number of hydrogen-bond acceptors (Lipinski definition) is 7. The third-order valence-electron chi connectivity index (χ3n) is 5.34. The maximum absolute atomic E-state index is 12.8. The summed E-state index contributed by atoms with van der Waals surface area (Å²) in [5, 5.41) is 3.90. The quantitative estimate of drug-likeness (QED) is 0.733. The zero-order valence-electron chi connectivity index (χ0n) is 17.3. The summed E-state index contributed by atoms with van der Waals surface area (Å²) in [6.07, 6.45) is 0.819. The van der Waals surface area contributed by atoms with E-state index in [1.54, 1.807) is 6.92 Å². The predicted octanol–water partition coefficient (Wildman–Crippen LogP) is 1.95. The third-order valence-corrected chi connectivity index (χ3v) is 5.34. The lowest BCUT2D eigenvalue weighted by atomic mass is 10.1. The molecule has 0 N–H and O–H groups in total. The van der Waals surface area contributed by atoms with E-state index in [2.05, 4.69) is 27.2 Å². The number of carbonyl (C=O) groups excluding carboxylic acids is 1. The molecule has 2 aliphatic heterocycles. The monoisotopic (exact) mass is 400 g/mol. The molecule has 156 valence electrons. The van der Waals surface area contributed by atoms with E-state index in [1.807, 2.05) is 24.8 Å². The van der Waals surface area contributed by atoms with Gasteiger partial charge in [0.05, 0.1) is 19.3 Å². The molecule has 1 fully saturated rings. The molecule has 2 aliphatic rings. The zero-order valence-corrected chi connectivity index (χ0v) is 17.3. The largest absolute Gasteiger partial charge is 0.493 e. The molecule has 29 heavy (non-hydrogen) atoms. The molecule has 1 unspecified atom stereocenters. The molecular weight excluding hydrogens is 372 g/mol. The fourth-order valence-corrected chi connectivity index (χ4v) is 3.93. The van der Waals surface area contributed by atoms with Crippen LogP contribution in [0.5, 0.6) is 5.75 Å². The first kappa shape index (κ1) is 19.8. The summed E-state index contributed by atoms with van der Waals surface area (Å²) in [6.45, 7) is 9.15. The topological polar surface area (TPSA) is 80.9 Å². The molecule has 1 saturated heterocycles. The number of benzene rings is 1. The average Bonchev–Trinajstić information content (AvgIpc) is 3.27. The van der Waals surface area contributed by atoms with E-state index in [9.17, 15) is 4.79 Å². The van der Waals surface area contributed by atoms with Crippen LogP contribution >= 0.6 is 0 Å². The van der Waals surface area contributed by atoms with Crippen LogP contribution in [0.2, 0.25) is 0 Å². The fourth-order valence-electron chi connectivity index (χ4n) is 3.93. The van der Waals surface area contributed by atoms with Crippen LogP contribution in [-0.4, -0.2) is 64.2 Å². The van der Waals surface area contributed by atoms with E-state index in [0.717, 1.165) is 18.8 Å². The Morgan fingerprint density at radius 3 is 2.93 bits per heavy atom. The van der Waals surface area contributed by atoms with Gasteiger partial charge in [-0.05, 0) is 31.0 Å². The van der Waals surface area contributed by atoms with E-state index >= 15 is 0 Å².